The van der Waals surface area contributed by atoms with E-state index < -0.39 is 0 Å². The smallest absolute Gasteiger partial charge is 0.159 e. The first-order chi connectivity index (χ1) is 9.86. The molecule has 4 heteroatoms. The van der Waals surface area contributed by atoms with Crippen LogP contribution in [0.4, 0.5) is 5.69 Å². The summed E-state index contributed by atoms with van der Waals surface area (Å²) in [5, 5.41) is 3.12. The van der Waals surface area contributed by atoms with E-state index in [2.05, 4.69) is 20.3 Å². The third-order valence-electron chi connectivity index (χ3n) is 3.02. The Morgan fingerprint density at radius 3 is 2.65 bits per heavy atom. The zero-order chi connectivity index (χ0) is 13.8. The molecule has 0 amide bonds. The van der Waals surface area contributed by atoms with Crippen molar-refractivity contribution in [3.63, 3.8) is 0 Å². The molecule has 0 spiro atoms. The van der Waals surface area contributed by atoms with Gasteiger partial charge in [0.2, 0.25) is 0 Å². The van der Waals surface area contributed by atoms with E-state index in [-0.39, 0.29) is 0 Å². The molecule has 0 saturated carbocycles. The van der Waals surface area contributed by atoms with Crippen LogP contribution in [0.1, 0.15) is 0 Å². The minimum atomic E-state index is 0.712. The SMILES string of the molecule is CNc1cccc(-c2nccc(-c3cccnc3)n2)c1. The van der Waals surface area contributed by atoms with Crippen molar-refractivity contribution in [2.75, 3.05) is 12.4 Å². The highest BCUT2D eigenvalue weighted by Crippen LogP contribution is 2.22. The summed E-state index contributed by atoms with van der Waals surface area (Å²) < 4.78 is 0. The van der Waals surface area contributed by atoms with E-state index in [1.807, 2.05) is 49.5 Å². The van der Waals surface area contributed by atoms with Gasteiger partial charge in [-0.1, -0.05) is 12.1 Å². The molecule has 20 heavy (non-hydrogen) atoms. The standard InChI is InChI=1S/C16H14N4/c1-17-14-6-2-4-12(10-14)16-19-9-7-15(20-16)13-5-3-8-18-11-13/h2-11,17H,1H3. The van der Waals surface area contributed by atoms with Crippen molar-refractivity contribution in [3.8, 4) is 22.6 Å². The second-order valence-electron chi connectivity index (χ2n) is 4.34. The molecule has 0 bridgehead atoms. The Hall–Kier alpha value is -2.75. The number of hydrogen-bond acceptors (Lipinski definition) is 4. The first-order valence-electron chi connectivity index (χ1n) is 6.38. The highest BCUT2D eigenvalue weighted by molar-refractivity contribution is 5.65. The van der Waals surface area contributed by atoms with Crippen LogP contribution in [0, 0.1) is 0 Å². The number of benzene rings is 1. The Morgan fingerprint density at radius 1 is 0.950 bits per heavy atom. The fraction of sp³-hybridized carbons (Fsp3) is 0.0625. The van der Waals surface area contributed by atoms with Crippen LogP contribution < -0.4 is 5.32 Å². The summed E-state index contributed by atoms with van der Waals surface area (Å²) in [6, 6.07) is 13.8. The summed E-state index contributed by atoms with van der Waals surface area (Å²) in [5.41, 5.74) is 3.89. The van der Waals surface area contributed by atoms with Crippen molar-refractivity contribution < 1.29 is 0 Å². The lowest BCUT2D eigenvalue weighted by Crippen LogP contribution is -1.93. The second kappa shape index (κ2) is 5.48. The Labute approximate surface area is 117 Å². The lowest BCUT2D eigenvalue weighted by molar-refractivity contribution is 1.17. The highest BCUT2D eigenvalue weighted by atomic mass is 14.9. The first kappa shape index (κ1) is 12.3. The van der Waals surface area contributed by atoms with Gasteiger partial charge in [-0.05, 0) is 30.3 Å². The monoisotopic (exact) mass is 262 g/mol. The number of pyridine rings is 1. The molecule has 0 atom stereocenters. The zero-order valence-electron chi connectivity index (χ0n) is 11.1. The van der Waals surface area contributed by atoms with Crippen molar-refractivity contribution in [1.29, 1.82) is 0 Å². The molecule has 0 saturated heterocycles. The lowest BCUT2D eigenvalue weighted by Gasteiger charge is -2.05. The molecule has 4 nitrogen and oxygen atoms in total. The van der Waals surface area contributed by atoms with Crippen molar-refractivity contribution in [2.45, 2.75) is 0 Å². The van der Waals surface area contributed by atoms with E-state index in [0.717, 1.165) is 22.5 Å². The summed E-state index contributed by atoms with van der Waals surface area (Å²) >= 11 is 0. The predicted molar refractivity (Wildman–Crippen MR) is 80.2 cm³/mol. The van der Waals surface area contributed by atoms with Gasteiger partial charge < -0.3 is 5.32 Å². The lowest BCUT2D eigenvalue weighted by atomic mass is 10.1. The fourth-order valence-corrected chi connectivity index (χ4v) is 1.99. The van der Waals surface area contributed by atoms with Crippen LogP contribution in [0.25, 0.3) is 22.6 Å². The minimum absolute atomic E-state index is 0.712. The Bertz CT molecular complexity index is 710. The maximum absolute atomic E-state index is 4.61. The largest absolute Gasteiger partial charge is 0.388 e. The molecular formula is C16H14N4. The summed E-state index contributed by atoms with van der Waals surface area (Å²) in [6.07, 6.45) is 5.33. The van der Waals surface area contributed by atoms with E-state index in [1.54, 1.807) is 18.6 Å². The topological polar surface area (TPSA) is 50.7 Å². The number of rotatable bonds is 3. The maximum atomic E-state index is 4.61. The van der Waals surface area contributed by atoms with Crippen molar-refractivity contribution in [2.24, 2.45) is 0 Å². The number of nitrogens with zero attached hydrogens (tertiary/aromatic N) is 3. The number of anilines is 1. The molecule has 0 radical (unpaired) electrons. The van der Waals surface area contributed by atoms with Gasteiger partial charge in [0.05, 0.1) is 5.69 Å². The average Bonchev–Trinajstić information content (AvgIpc) is 2.56. The molecule has 2 heterocycles. The van der Waals surface area contributed by atoms with Gasteiger partial charge in [0, 0.05) is 42.5 Å². The van der Waals surface area contributed by atoms with E-state index >= 15 is 0 Å². The van der Waals surface area contributed by atoms with E-state index in [4.69, 9.17) is 0 Å². The fourth-order valence-electron chi connectivity index (χ4n) is 1.99. The van der Waals surface area contributed by atoms with Gasteiger partial charge in [-0.25, -0.2) is 9.97 Å². The number of hydrogen-bond donors (Lipinski definition) is 1. The van der Waals surface area contributed by atoms with Gasteiger partial charge in [-0.2, -0.15) is 0 Å². The van der Waals surface area contributed by atoms with Crippen LogP contribution in [0.15, 0.2) is 61.1 Å². The van der Waals surface area contributed by atoms with E-state index in [9.17, 15) is 0 Å². The van der Waals surface area contributed by atoms with E-state index in [0.29, 0.717) is 5.82 Å². The molecule has 3 aromatic rings. The molecule has 0 aliphatic heterocycles. The van der Waals surface area contributed by atoms with Gasteiger partial charge in [-0.15, -0.1) is 0 Å². The summed E-state index contributed by atoms with van der Waals surface area (Å²) in [6.45, 7) is 0. The molecule has 0 aliphatic carbocycles. The Morgan fingerprint density at radius 2 is 1.85 bits per heavy atom. The zero-order valence-corrected chi connectivity index (χ0v) is 11.1. The first-order valence-corrected chi connectivity index (χ1v) is 6.38. The van der Waals surface area contributed by atoms with Crippen LogP contribution in [0.3, 0.4) is 0 Å². The van der Waals surface area contributed by atoms with Gasteiger partial charge in [0.25, 0.3) is 0 Å². The third kappa shape index (κ3) is 2.49. The summed E-state index contributed by atoms with van der Waals surface area (Å²) in [7, 11) is 1.89. The predicted octanol–water partition coefficient (Wildman–Crippen LogP) is 3.25. The molecule has 2 aromatic heterocycles. The van der Waals surface area contributed by atoms with Gasteiger partial charge in [0.15, 0.2) is 5.82 Å². The third-order valence-corrected chi connectivity index (χ3v) is 3.02. The Balaban J connectivity index is 2.03. The number of aromatic nitrogens is 3. The van der Waals surface area contributed by atoms with Crippen molar-refractivity contribution in [1.82, 2.24) is 15.0 Å². The molecule has 3 rings (SSSR count). The molecule has 1 aromatic carbocycles. The van der Waals surface area contributed by atoms with Crippen LogP contribution in [-0.2, 0) is 0 Å². The van der Waals surface area contributed by atoms with Crippen LogP contribution in [0.2, 0.25) is 0 Å². The maximum Gasteiger partial charge on any atom is 0.159 e. The summed E-state index contributed by atoms with van der Waals surface area (Å²) in [4.78, 5) is 13.1. The van der Waals surface area contributed by atoms with Crippen LogP contribution in [-0.4, -0.2) is 22.0 Å². The van der Waals surface area contributed by atoms with Gasteiger partial charge in [-0.3, -0.25) is 4.98 Å². The molecule has 0 aliphatic rings. The van der Waals surface area contributed by atoms with Crippen molar-refractivity contribution >= 4 is 5.69 Å². The average molecular weight is 262 g/mol. The van der Waals surface area contributed by atoms with Gasteiger partial charge in [0.1, 0.15) is 0 Å². The molecule has 0 unspecified atom stereocenters. The quantitative estimate of drug-likeness (QED) is 0.787. The molecule has 1 N–H and O–H groups in total. The molecular weight excluding hydrogens is 248 g/mol. The second-order valence-corrected chi connectivity index (χ2v) is 4.34. The normalized spacial score (nSPS) is 10.2. The van der Waals surface area contributed by atoms with Crippen LogP contribution >= 0.6 is 0 Å². The van der Waals surface area contributed by atoms with Gasteiger partial charge >= 0.3 is 0 Å². The minimum Gasteiger partial charge on any atom is -0.388 e. The highest BCUT2D eigenvalue weighted by Gasteiger charge is 2.05. The van der Waals surface area contributed by atoms with Crippen LogP contribution in [0.5, 0.6) is 0 Å². The Kier molecular flexibility index (Phi) is 3.37. The number of nitrogens with one attached hydrogen (secondary N) is 1. The van der Waals surface area contributed by atoms with E-state index in [1.165, 1.54) is 0 Å². The van der Waals surface area contributed by atoms with Crippen molar-refractivity contribution in [3.05, 3.63) is 61.1 Å². The molecule has 0 fully saturated rings. The summed E-state index contributed by atoms with van der Waals surface area (Å²) in [5.74, 6) is 0.712. The molecule has 98 valence electrons.